The molecule has 0 radical (unpaired) electrons. The van der Waals surface area contributed by atoms with E-state index in [-0.39, 0.29) is 24.7 Å². The molecule has 4 aromatic heterocycles. The van der Waals surface area contributed by atoms with Gasteiger partial charge in [-0.2, -0.15) is 0 Å². The minimum Gasteiger partial charge on any atom is -0.461 e. The van der Waals surface area contributed by atoms with E-state index in [9.17, 15) is 9.18 Å². The number of aromatic nitrogens is 6. The fourth-order valence-electron chi connectivity index (χ4n) is 2.98. The highest BCUT2D eigenvalue weighted by Gasteiger charge is 2.21. The van der Waals surface area contributed by atoms with Crippen LogP contribution < -0.4 is 5.73 Å². The third-order valence-corrected chi connectivity index (χ3v) is 4.30. The van der Waals surface area contributed by atoms with Gasteiger partial charge in [-0.3, -0.25) is 4.98 Å². The van der Waals surface area contributed by atoms with Crippen LogP contribution in [0.2, 0.25) is 0 Å². The number of pyridine rings is 1. The van der Waals surface area contributed by atoms with Gasteiger partial charge < -0.3 is 19.6 Å². The zero-order chi connectivity index (χ0) is 21.3. The second-order valence-corrected chi connectivity index (χ2v) is 6.36. The highest BCUT2D eigenvalue weighted by atomic mass is 19.1. The van der Waals surface area contributed by atoms with Gasteiger partial charge in [0.1, 0.15) is 17.5 Å². The van der Waals surface area contributed by atoms with Crippen LogP contribution in [0.3, 0.4) is 0 Å². The van der Waals surface area contributed by atoms with E-state index >= 15 is 0 Å². The van der Waals surface area contributed by atoms with Crippen LogP contribution in [0.4, 0.5) is 10.2 Å². The molecule has 4 aromatic rings. The molecule has 4 heterocycles. The lowest BCUT2D eigenvalue weighted by atomic mass is 10.2. The predicted octanol–water partition coefficient (Wildman–Crippen LogP) is 2.39. The monoisotopic (exact) mass is 411 g/mol. The number of rotatable bonds is 6. The van der Waals surface area contributed by atoms with E-state index in [0.29, 0.717) is 40.6 Å². The van der Waals surface area contributed by atoms with E-state index in [0.717, 1.165) is 6.20 Å². The lowest BCUT2D eigenvalue weighted by Gasteiger charge is -2.07. The summed E-state index contributed by atoms with van der Waals surface area (Å²) in [6, 6.07) is 2.78. The van der Waals surface area contributed by atoms with E-state index in [4.69, 9.17) is 15.0 Å². The molecule has 0 aliphatic rings. The standard InChI is InChI=1S/C19H18FN7O3/c1-3-14-23-16(21)15-18(24-14)27(17(25-15)10-5-11(20)8-22-7-10)9-12-6-13(26-30-12)19(28)29-4-2/h5-8H,3-4,9H2,1-2H3,(H2,21,23,24). The third kappa shape index (κ3) is 3.56. The number of hydrogen-bond donors (Lipinski definition) is 1. The van der Waals surface area contributed by atoms with Crippen molar-refractivity contribution in [3.63, 3.8) is 0 Å². The van der Waals surface area contributed by atoms with Gasteiger partial charge in [0.15, 0.2) is 28.4 Å². The molecule has 10 nitrogen and oxygen atoms in total. The number of nitrogens with zero attached hydrogens (tertiary/aromatic N) is 6. The number of carbonyl (C=O) groups is 1. The minimum atomic E-state index is -0.586. The number of halogens is 1. The van der Waals surface area contributed by atoms with Gasteiger partial charge in [-0.25, -0.2) is 24.1 Å². The molecule has 0 saturated heterocycles. The van der Waals surface area contributed by atoms with Crippen molar-refractivity contribution >= 4 is 23.0 Å². The maximum Gasteiger partial charge on any atom is 0.360 e. The van der Waals surface area contributed by atoms with Crippen LogP contribution in [0.15, 0.2) is 29.0 Å². The topological polar surface area (TPSA) is 135 Å². The highest BCUT2D eigenvalue weighted by Crippen LogP contribution is 2.27. The van der Waals surface area contributed by atoms with E-state index in [1.807, 2.05) is 6.92 Å². The minimum absolute atomic E-state index is 0.0497. The lowest BCUT2D eigenvalue weighted by Crippen LogP contribution is -2.06. The van der Waals surface area contributed by atoms with E-state index < -0.39 is 11.8 Å². The number of aryl methyl sites for hydroxylation is 1. The molecular formula is C19H18FN7O3. The molecular weight excluding hydrogens is 393 g/mol. The number of anilines is 1. The van der Waals surface area contributed by atoms with Gasteiger partial charge in [-0.15, -0.1) is 0 Å². The average molecular weight is 411 g/mol. The number of imidazole rings is 1. The second kappa shape index (κ2) is 7.85. The summed E-state index contributed by atoms with van der Waals surface area (Å²) in [5.41, 5.74) is 7.38. The third-order valence-electron chi connectivity index (χ3n) is 4.30. The summed E-state index contributed by atoms with van der Waals surface area (Å²) < 4.78 is 25.7. The molecule has 0 fully saturated rings. The Kier molecular flexibility index (Phi) is 5.09. The summed E-state index contributed by atoms with van der Waals surface area (Å²) in [5, 5.41) is 3.75. The Hall–Kier alpha value is -3.89. The van der Waals surface area contributed by atoms with Crippen LogP contribution in [0.5, 0.6) is 0 Å². The molecule has 0 saturated carbocycles. The largest absolute Gasteiger partial charge is 0.461 e. The van der Waals surface area contributed by atoms with Crippen molar-refractivity contribution in [1.82, 2.24) is 29.7 Å². The molecule has 0 aliphatic heterocycles. The zero-order valence-electron chi connectivity index (χ0n) is 16.3. The smallest absolute Gasteiger partial charge is 0.360 e. The lowest BCUT2D eigenvalue weighted by molar-refractivity contribution is 0.0514. The summed E-state index contributed by atoms with van der Waals surface area (Å²) in [6.07, 6.45) is 3.15. The van der Waals surface area contributed by atoms with Crippen molar-refractivity contribution in [3.8, 4) is 11.4 Å². The second-order valence-electron chi connectivity index (χ2n) is 6.36. The van der Waals surface area contributed by atoms with Crippen molar-refractivity contribution in [3.05, 3.63) is 47.6 Å². The van der Waals surface area contributed by atoms with Crippen LogP contribution >= 0.6 is 0 Å². The number of ether oxygens (including phenoxy) is 1. The summed E-state index contributed by atoms with van der Waals surface area (Å²) in [5.74, 6) is 0.389. The van der Waals surface area contributed by atoms with Crippen molar-refractivity contribution in [2.24, 2.45) is 0 Å². The Morgan fingerprint density at radius 2 is 2.07 bits per heavy atom. The first-order valence-corrected chi connectivity index (χ1v) is 9.26. The van der Waals surface area contributed by atoms with E-state index in [1.165, 1.54) is 18.3 Å². The molecule has 4 rings (SSSR count). The Bertz CT molecular complexity index is 1230. The molecule has 0 unspecified atom stereocenters. The normalized spacial score (nSPS) is 11.2. The highest BCUT2D eigenvalue weighted by molar-refractivity contribution is 5.87. The van der Waals surface area contributed by atoms with Crippen LogP contribution in [0, 0.1) is 5.82 Å². The molecule has 0 amide bonds. The average Bonchev–Trinajstić information content (AvgIpc) is 3.34. The number of hydrogen-bond acceptors (Lipinski definition) is 9. The first-order chi connectivity index (χ1) is 14.5. The van der Waals surface area contributed by atoms with Crippen LogP contribution in [-0.2, 0) is 17.7 Å². The van der Waals surface area contributed by atoms with Gasteiger partial charge in [0.2, 0.25) is 0 Å². The van der Waals surface area contributed by atoms with Gasteiger partial charge in [0.25, 0.3) is 0 Å². The van der Waals surface area contributed by atoms with Crippen molar-refractivity contribution in [2.45, 2.75) is 26.8 Å². The van der Waals surface area contributed by atoms with Gasteiger partial charge in [0, 0.05) is 24.2 Å². The van der Waals surface area contributed by atoms with Crippen molar-refractivity contribution in [2.75, 3.05) is 12.3 Å². The molecule has 30 heavy (non-hydrogen) atoms. The van der Waals surface area contributed by atoms with E-state index in [2.05, 4.69) is 25.1 Å². The molecule has 0 spiro atoms. The zero-order valence-corrected chi connectivity index (χ0v) is 16.3. The Labute approximate surface area is 169 Å². The predicted molar refractivity (Wildman–Crippen MR) is 104 cm³/mol. The summed E-state index contributed by atoms with van der Waals surface area (Å²) >= 11 is 0. The SMILES string of the molecule is CCOC(=O)c1cc(Cn2c(-c3cncc(F)c3)nc3c(N)nc(CC)nc32)on1. The molecule has 154 valence electrons. The van der Waals surface area contributed by atoms with Gasteiger partial charge in [0.05, 0.1) is 19.3 Å². The Morgan fingerprint density at radius 3 is 2.80 bits per heavy atom. The quantitative estimate of drug-likeness (QED) is 0.474. The number of esters is 1. The maximum atomic E-state index is 13.8. The number of carbonyl (C=O) groups excluding carboxylic acids is 1. The van der Waals surface area contributed by atoms with Crippen LogP contribution in [0.1, 0.15) is 35.9 Å². The summed E-state index contributed by atoms with van der Waals surface area (Å²) in [6.45, 7) is 3.94. The molecule has 0 aromatic carbocycles. The molecule has 0 bridgehead atoms. The number of fused-ring (bicyclic) bond motifs is 1. The van der Waals surface area contributed by atoms with Gasteiger partial charge >= 0.3 is 5.97 Å². The van der Waals surface area contributed by atoms with E-state index in [1.54, 1.807) is 11.5 Å². The molecule has 2 N–H and O–H groups in total. The fraction of sp³-hybridized carbons (Fsp3) is 0.263. The first kappa shape index (κ1) is 19.4. The molecule has 0 aliphatic carbocycles. The Balaban J connectivity index is 1.85. The number of nitrogens with two attached hydrogens (primary N) is 1. The first-order valence-electron chi connectivity index (χ1n) is 9.26. The fourth-order valence-corrected chi connectivity index (χ4v) is 2.98. The summed E-state index contributed by atoms with van der Waals surface area (Å²) in [4.78, 5) is 29.1. The Morgan fingerprint density at radius 1 is 1.23 bits per heavy atom. The maximum absolute atomic E-state index is 13.8. The molecule has 11 heteroatoms. The summed E-state index contributed by atoms with van der Waals surface area (Å²) in [7, 11) is 0. The van der Waals surface area contributed by atoms with Crippen LogP contribution in [0.25, 0.3) is 22.6 Å². The van der Waals surface area contributed by atoms with Crippen molar-refractivity contribution in [1.29, 1.82) is 0 Å². The molecule has 0 atom stereocenters. The number of nitrogen functional groups attached to an aromatic ring is 1. The van der Waals surface area contributed by atoms with Gasteiger partial charge in [-0.1, -0.05) is 12.1 Å². The van der Waals surface area contributed by atoms with Crippen molar-refractivity contribution < 1.29 is 18.4 Å². The van der Waals surface area contributed by atoms with Gasteiger partial charge in [-0.05, 0) is 13.0 Å². The van der Waals surface area contributed by atoms with Crippen LogP contribution in [-0.4, -0.2) is 42.2 Å².